The van der Waals surface area contributed by atoms with E-state index in [0.717, 1.165) is 12.8 Å². The van der Waals surface area contributed by atoms with Crippen molar-refractivity contribution in [1.82, 2.24) is 0 Å². The van der Waals surface area contributed by atoms with Crippen molar-refractivity contribution in [2.24, 2.45) is 5.92 Å². The molecular formula is C13H17N3O2S. The van der Waals surface area contributed by atoms with Crippen molar-refractivity contribution in [2.45, 2.75) is 32.7 Å². The summed E-state index contributed by atoms with van der Waals surface area (Å²) in [6, 6.07) is 2.46. The molecule has 2 atom stereocenters. The molecule has 0 bridgehead atoms. The predicted molar refractivity (Wildman–Crippen MR) is 75.2 cm³/mol. The first-order chi connectivity index (χ1) is 9.12. The lowest BCUT2D eigenvalue weighted by molar-refractivity contribution is 0.0533. The molecule has 0 amide bonds. The summed E-state index contributed by atoms with van der Waals surface area (Å²) >= 11 is 1.21. The van der Waals surface area contributed by atoms with Gasteiger partial charge in [-0.3, -0.25) is 0 Å². The van der Waals surface area contributed by atoms with Crippen LogP contribution in [0.15, 0.2) is 0 Å². The Kier molecular flexibility index (Phi) is 3.96. The van der Waals surface area contributed by atoms with Crippen LogP contribution in [0.25, 0.3) is 0 Å². The summed E-state index contributed by atoms with van der Waals surface area (Å²) in [7, 11) is 0. The Hall–Kier alpha value is -1.74. The van der Waals surface area contributed by atoms with E-state index < -0.39 is 5.97 Å². The van der Waals surface area contributed by atoms with E-state index in [1.165, 1.54) is 11.3 Å². The number of nitrogens with two attached hydrogens (primary N) is 1. The summed E-state index contributed by atoms with van der Waals surface area (Å²) < 4.78 is 4.94. The van der Waals surface area contributed by atoms with Crippen molar-refractivity contribution < 1.29 is 9.53 Å². The molecule has 3 N–H and O–H groups in total. The van der Waals surface area contributed by atoms with Crippen molar-refractivity contribution in [1.29, 1.82) is 5.26 Å². The molecule has 1 saturated carbocycles. The highest BCUT2D eigenvalue weighted by molar-refractivity contribution is 7.18. The predicted octanol–water partition coefficient (Wildman–Crippen LogP) is 2.59. The van der Waals surface area contributed by atoms with Crippen molar-refractivity contribution in [3.8, 4) is 6.07 Å². The van der Waals surface area contributed by atoms with Crippen molar-refractivity contribution >= 4 is 28.0 Å². The van der Waals surface area contributed by atoms with Gasteiger partial charge in [0.25, 0.3) is 0 Å². The summed E-state index contributed by atoms with van der Waals surface area (Å²) in [5.41, 5.74) is 6.44. The van der Waals surface area contributed by atoms with Crippen molar-refractivity contribution in [2.75, 3.05) is 17.7 Å². The van der Waals surface area contributed by atoms with Gasteiger partial charge in [0.2, 0.25) is 0 Å². The van der Waals surface area contributed by atoms with Gasteiger partial charge in [-0.25, -0.2) is 4.79 Å². The molecule has 0 saturated heterocycles. The van der Waals surface area contributed by atoms with Crippen LogP contribution >= 0.6 is 11.3 Å². The van der Waals surface area contributed by atoms with E-state index in [1.54, 1.807) is 6.92 Å². The van der Waals surface area contributed by atoms with Crippen molar-refractivity contribution in [3.05, 3.63) is 10.4 Å². The lowest BCUT2D eigenvalue weighted by atomic mass is 10.2. The number of carbonyl (C=O) groups excluding carboxylic acids is 1. The summed E-state index contributed by atoms with van der Waals surface area (Å²) in [5, 5.41) is 13.2. The highest BCUT2D eigenvalue weighted by Crippen LogP contribution is 2.41. The van der Waals surface area contributed by atoms with Gasteiger partial charge in [0.15, 0.2) is 0 Å². The quantitative estimate of drug-likeness (QED) is 0.809. The largest absolute Gasteiger partial charge is 0.462 e. The van der Waals surface area contributed by atoms with E-state index in [4.69, 9.17) is 15.7 Å². The number of hydrogen-bond donors (Lipinski definition) is 2. The zero-order valence-corrected chi connectivity index (χ0v) is 11.8. The molecule has 0 aromatic carbocycles. The third kappa shape index (κ3) is 2.66. The maximum Gasteiger partial charge on any atom is 0.350 e. The molecule has 1 aromatic heterocycles. The minimum atomic E-state index is -0.461. The van der Waals surface area contributed by atoms with Gasteiger partial charge in [-0.2, -0.15) is 5.26 Å². The van der Waals surface area contributed by atoms with Crippen LogP contribution in [-0.4, -0.2) is 18.6 Å². The lowest BCUT2D eigenvalue weighted by Crippen LogP contribution is -2.05. The number of nitrogens with zero attached hydrogens (tertiary/aromatic N) is 1. The molecule has 5 nitrogen and oxygen atoms in total. The fourth-order valence-electron chi connectivity index (χ4n) is 2.05. The average Bonchev–Trinajstić information content (AvgIpc) is 3.06. The molecule has 1 fully saturated rings. The van der Waals surface area contributed by atoms with Gasteiger partial charge in [-0.15, -0.1) is 11.3 Å². The second kappa shape index (κ2) is 5.49. The van der Waals surface area contributed by atoms with E-state index in [9.17, 15) is 4.79 Å². The van der Waals surface area contributed by atoms with Crippen LogP contribution in [0, 0.1) is 17.2 Å². The van der Waals surface area contributed by atoms with Crippen LogP contribution in [0.4, 0.5) is 10.7 Å². The zero-order valence-electron chi connectivity index (χ0n) is 11.0. The highest BCUT2D eigenvalue weighted by Gasteiger charge is 2.36. The number of thiophene rings is 1. The molecule has 1 aliphatic rings. The Morgan fingerprint density at radius 3 is 2.89 bits per heavy atom. The van der Waals surface area contributed by atoms with Crippen molar-refractivity contribution in [3.63, 3.8) is 0 Å². The van der Waals surface area contributed by atoms with E-state index in [-0.39, 0.29) is 5.69 Å². The van der Waals surface area contributed by atoms with Gasteiger partial charge in [0.05, 0.1) is 12.3 Å². The molecule has 102 valence electrons. The summed E-state index contributed by atoms with van der Waals surface area (Å²) in [6.45, 7) is 4.17. The van der Waals surface area contributed by atoms with Crippen LogP contribution in [0.2, 0.25) is 0 Å². The topological polar surface area (TPSA) is 88.1 Å². The molecule has 1 aromatic rings. The normalized spacial score (nSPS) is 20.7. The highest BCUT2D eigenvalue weighted by atomic mass is 32.1. The minimum absolute atomic E-state index is 0.224. The van der Waals surface area contributed by atoms with E-state index in [1.807, 2.05) is 0 Å². The van der Waals surface area contributed by atoms with Crippen LogP contribution < -0.4 is 11.1 Å². The van der Waals surface area contributed by atoms with E-state index in [2.05, 4.69) is 18.3 Å². The first-order valence-electron chi connectivity index (χ1n) is 6.38. The van der Waals surface area contributed by atoms with Gasteiger partial charge in [-0.1, -0.05) is 13.3 Å². The number of esters is 1. The standard InChI is InChI=1S/C13H17N3O2S/c1-3-7-5-9(7)16-12-8(6-14)10(15)11(19-12)13(17)18-4-2/h7,9,16H,3-5,15H2,1-2H3. The molecule has 0 radical (unpaired) electrons. The van der Waals surface area contributed by atoms with Gasteiger partial charge in [0, 0.05) is 6.04 Å². The zero-order chi connectivity index (χ0) is 14.0. The molecule has 1 aliphatic carbocycles. The second-order valence-electron chi connectivity index (χ2n) is 4.54. The molecular weight excluding hydrogens is 262 g/mol. The molecule has 6 heteroatoms. The molecule has 2 unspecified atom stereocenters. The minimum Gasteiger partial charge on any atom is -0.462 e. The number of nitriles is 1. The number of nitrogens with one attached hydrogen (secondary N) is 1. The Morgan fingerprint density at radius 2 is 2.37 bits per heavy atom. The summed E-state index contributed by atoms with van der Waals surface area (Å²) in [5.74, 6) is 0.193. The SMILES string of the molecule is CCOC(=O)c1sc(NC2CC2CC)c(C#N)c1N. The number of anilines is 2. The molecule has 0 spiro atoms. The Morgan fingerprint density at radius 1 is 1.63 bits per heavy atom. The third-order valence-electron chi connectivity index (χ3n) is 3.28. The fraction of sp³-hybridized carbons (Fsp3) is 0.538. The average molecular weight is 279 g/mol. The van der Waals surface area contributed by atoms with Gasteiger partial charge in [0.1, 0.15) is 21.5 Å². The molecule has 1 heterocycles. The summed E-state index contributed by atoms with van der Waals surface area (Å²) in [6.07, 6.45) is 2.22. The van der Waals surface area contributed by atoms with Gasteiger partial charge >= 0.3 is 5.97 Å². The molecule has 2 rings (SSSR count). The molecule has 0 aliphatic heterocycles. The fourth-order valence-corrected chi connectivity index (χ4v) is 3.08. The first kappa shape index (κ1) is 13.7. The second-order valence-corrected chi connectivity index (χ2v) is 5.56. The lowest BCUT2D eigenvalue weighted by Gasteiger charge is -2.02. The Bertz CT molecular complexity index is 533. The maximum atomic E-state index is 11.7. The van der Waals surface area contributed by atoms with Gasteiger partial charge < -0.3 is 15.8 Å². The summed E-state index contributed by atoms with van der Waals surface area (Å²) in [4.78, 5) is 12.1. The maximum absolute atomic E-state index is 11.7. The Balaban J connectivity index is 2.22. The monoisotopic (exact) mass is 279 g/mol. The Labute approximate surface area is 116 Å². The molecule has 19 heavy (non-hydrogen) atoms. The van der Waals surface area contributed by atoms with Crippen LogP contribution in [0.3, 0.4) is 0 Å². The van der Waals surface area contributed by atoms with Crippen LogP contribution in [0.1, 0.15) is 41.9 Å². The number of carbonyl (C=O) groups is 1. The number of rotatable bonds is 5. The third-order valence-corrected chi connectivity index (χ3v) is 4.40. The van der Waals surface area contributed by atoms with Gasteiger partial charge in [-0.05, 0) is 19.3 Å². The number of nitrogen functional groups attached to an aromatic ring is 1. The smallest absolute Gasteiger partial charge is 0.350 e. The first-order valence-corrected chi connectivity index (χ1v) is 7.19. The van der Waals surface area contributed by atoms with Crippen LogP contribution in [-0.2, 0) is 4.74 Å². The van der Waals surface area contributed by atoms with E-state index >= 15 is 0 Å². The van der Waals surface area contributed by atoms with E-state index in [0.29, 0.717) is 34.0 Å². The van der Waals surface area contributed by atoms with Crippen LogP contribution in [0.5, 0.6) is 0 Å². The number of hydrogen-bond acceptors (Lipinski definition) is 6. The number of ether oxygens (including phenoxy) is 1.